The van der Waals surface area contributed by atoms with Gasteiger partial charge < -0.3 is 14.7 Å². The number of aromatic hydroxyl groups is 1. The van der Waals surface area contributed by atoms with Crippen LogP contribution in [-0.4, -0.2) is 45.4 Å². The molecule has 1 amide bonds. The van der Waals surface area contributed by atoms with Crippen molar-refractivity contribution in [3.05, 3.63) is 70.4 Å². The molecular formula is C23H24ClN3O3. The van der Waals surface area contributed by atoms with Gasteiger partial charge in [-0.15, -0.1) is 0 Å². The van der Waals surface area contributed by atoms with Gasteiger partial charge >= 0.3 is 0 Å². The van der Waals surface area contributed by atoms with Crippen molar-refractivity contribution in [2.24, 2.45) is 0 Å². The van der Waals surface area contributed by atoms with Crippen LogP contribution in [0.15, 0.2) is 48.5 Å². The minimum absolute atomic E-state index is 0.108. The van der Waals surface area contributed by atoms with Crippen LogP contribution in [0, 0.1) is 0 Å². The highest BCUT2D eigenvalue weighted by Crippen LogP contribution is 2.44. The molecule has 2 aromatic carbocycles. The number of hydrogen-bond acceptors (Lipinski definition) is 4. The summed E-state index contributed by atoms with van der Waals surface area (Å²) in [5.41, 5.74) is 3.34. The first-order valence-electron chi connectivity index (χ1n) is 10.0. The van der Waals surface area contributed by atoms with Crippen LogP contribution in [0.1, 0.15) is 47.9 Å². The number of phenolic OH excluding ortho intramolecular Hbond substituents is 1. The van der Waals surface area contributed by atoms with Gasteiger partial charge in [-0.05, 0) is 50.1 Å². The van der Waals surface area contributed by atoms with Gasteiger partial charge in [0.15, 0.2) is 0 Å². The lowest BCUT2D eigenvalue weighted by Gasteiger charge is -2.26. The molecule has 1 aromatic heterocycles. The van der Waals surface area contributed by atoms with Gasteiger partial charge in [0.05, 0.1) is 12.1 Å². The SMILES string of the molecule is CC(C)OCCCN1C(=O)c2[nH]nc(-c3ccccc3O)c2C1c1ccc(Cl)cc1. The summed E-state index contributed by atoms with van der Waals surface area (Å²) in [6.45, 7) is 5.11. The number of H-pyrrole nitrogens is 1. The maximum atomic E-state index is 13.2. The van der Waals surface area contributed by atoms with Gasteiger partial charge in [-0.3, -0.25) is 9.89 Å². The zero-order valence-corrected chi connectivity index (χ0v) is 17.7. The molecule has 30 heavy (non-hydrogen) atoms. The van der Waals surface area contributed by atoms with Gasteiger partial charge in [0.1, 0.15) is 17.1 Å². The van der Waals surface area contributed by atoms with E-state index in [1.165, 1.54) is 0 Å². The van der Waals surface area contributed by atoms with Crippen molar-refractivity contribution in [2.75, 3.05) is 13.2 Å². The van der Waals surface area contributed by atoms with E-state index in [9.17, 15) is 9.90 Å². The number of fused-ring (bicyclic) bond motifs is 1. The Morgan fingerprint density at radius 1 is 1.20 bits per heavy atom. The third-order valence-electron chi connectivity index (χ3n) is 5.20. The Bertz CT molecular complexity index is 1050. The molecule has 0 radical (unpaired) electrons. The van der Waals surface area contributed by atoms with E-state index in [-0.39, 0.29) is 23.8 Å². The number of phenols is 1. The maximum absolute atomic E-state index is 13.2. The highest BCUT2D eigenvalue weighted by atomic mass is 35.5. The summed E-state index contributed by atoms with van der Waals surface area (Å²) >= 11 is 6.09. The van der Waals surface area contributed by atoms with Crippen LogP contribution in [0.2, 0.25) is 5.02 Å². The Labute approximate surface area is 180 Å². The number of nitrogens with zero attached hydrogens (tertiary/aromatic N) is 2. The Kier molecular flexibility index (Phi) is 5.79. The number of carbonyl (C=O) groups is 1. The minimum atomic E-state index is -0.322. The fourth-order valence-electron chi connectivity index (χ4n) is 3.85. The van der Waals surface area contributed by atoms with Crippen molar-refractivity contribution in [2.45, 2.75) is 32.4 Å². The molecule has 0 saturated heterocycles. The number of rotatable bonds is 7. The first-order chi connectivity index (χ1) is 14.5. The van der Waals surface area contributed by atoms with Crippen molar-refractivity contribution in [1.29, 1.82) is 0 Å². The highest BCUT2D eigenvalue weighted by molar-refractivity contribution is 6.30. The number of aromatic amines is 1. The Morgan fingerprint density at radius 2 is 1.93 bits per heavy atom. The molecular weight excluding hydrogens is 402 g/mol. The van der Waals surface area contributed by atoms with E-state index in [1.807, 2.05) is 49.1 Å². The predicted molar refractivity (Wildman–Crippen MR) is 116 cm³/mol. The van der Waals surface area contributed by atoms with Gasteiger partial charge in [-0.2, -0.15) is 5.10 Å². The molecule has 6 nitrogen and oxygen atoms in total. The number of carbonyl (C=O) groups excluding carboxylic acids is 1. The maximum Gasteiger partial charge on any atom is 0.273 e. The van der Waals surface area contributed by atoms with Crippen molar-refractivity contribution in [3.8, 4) is 17.0 Å². The van der Waals surface area contributed by atoms with E-state index in [0.717, 1.165) is 17.5 Å². The first-order valence-corrected chi connectivity index (χ1v) is 10.4. The quantitative estimate of drug-likeness (QED) is 0.533. The molecule has 156 valence electrons. The number of para-hydroxylation sites is 1. The molecule has 2 heterocycles. The lowest BCUT2D eigenvalue weighted by molar-refractivity contribution is 0.0601. The largest absolute Gasteiger partial charge is 0.507 e. The zero-order chi connectivity index (χ0) is 21.3. The number of hydrogen-bond donors (Lipinski definition) is 2. The first kappa shape index (κ1) is 20.4. The van der Waals surface area contributed by atoms with Crippen LogP contribution in [0.3, 0.4) is 0 Å². The van der Waals surface area contributed by atoms with E-state index < -0.39 is 0 Å². The van der Waals surface area contributed by atoms with Crippen LogP contribution in [0.5, 0.6) is 5.75 Å². The smallest absolute Gasteiger partial charge is 0.273 e. The monoisotopic (exact) mass is 425 g/mol. The molecule has 0 bridgehead atoms. The molecule has 3 aromatic rings. The lowest BCUT2D eigenvalue weighted by atomic mass is 9.95. The second-order valence-electron chi connectivity index (χ2n) is 7.60. The molecule has 0 saturated carbocycles. The second kappa shape index (κ2) is 8.50. The molecule has 1 atom stereocenters. The molecule has 2 N–H and O–H groups in total. The van der Waals surface area contributed by atoms with E-state index in [0.29, 0.717) is 35.1 Å². The summed E-state index contributed by atoms with van der Waals surface area (Å²) in [5, 5.41) is 18.3. The Hall–Kier alpha value is -2.83. The topological polar surface area (TPSA) is 78.5 Å². The average Bonchev–Trinajstić information content (AvgIpc) is 3.26. The summed E-state index contributed by atoms with van der Waals surface area (Å²) in [5.74, 6) is 0.0153. The Morgan fingerprint density at radius 3 is 2.63 bits per heavy atom. The molecule has 0 aliphatic carbocycles. The summed E-state index contributed by atoms with van der Waals surface area (Å²) in [6.07, 6.45) is 0.869. The molecule has 7 heteroatoms. The van der Waals surface area contributed by atoms with Gasteiger partial charge in [0.2, 0.25) is 0 Å². The van der Waals surface area contributed by atoms with Crippen molar-refractivity contribution < 1.29 is 14.6 Å². The summed E-state index contributed by atoms with van der Waals surface area (Å²) < 4.78 is 5.65. The summed E-state index contributed by atoms with van der Waals surface area (Å²) in [7, 11) is 0. The van der Waals surface area contributed by atoms with Crippen molar-refractivity contribution in [3.63, 3.8) is 0 Å². The third-order valence-corrected chi connectivity index (χ3v) is 5.46. The predicted octanol–water partition coefficient (Wildman–Crippen LogP) is 4.80. The standard InChI is InChI=1S/C23H24ClN3O3/c1-14(2)30-13-5-12-27-22(15-8-10-16(24)11-9-15)19-20(25-26-21(19)23(27)29)17-6-3-4-7-18(17)28/h3-4,6-11,14,22,28H,5,12-13H2,1-2H3,(H,25,26). The molecule has 1 unspecified atom stereocenters. The highest BCUT2D eigenvalue weighted by Gasteiger charge is 2.42. The second-order valence-corrected chi connectivity index (χ2v) is 8.04. The normalized spacial score (nSPS) is 15.8. The Balaban J connectivity index is 1.74. The molecule has 4 rings (SSSR count). The van der Waals surface area contributed by atoms with E-state index >= 15 is 0 Å². The number of benzene rings is 2. The molecule has 1 aliphatic heterocycles. The molecule has 1 aliphatic rings. The minimum Gasteiger partial charge on any atom is -0.507 e. The van der Waals surface area contributed by atoms with Crippen LogP contribution < -0.4 is 0 Å². The number of nitrogens with one attached hydrogen (secondary N) is 1. The van der Waals surface area contributed by atoms with E-state index in [1.54, 1.807) is 18.2 Å². The third kappa shape index (κ3) is 3.80. The van der Waals surface area contributed by atoms with Crippen LogP contribution >= 0.6 is 11.6 Å². The molecule has 0 spiro atoms. The summed E-state index contributed by atoms with van der Waals surface area (Å²) in [6, 6.07) is 14.2. The van der Waals surface area contributed by atoms with Gasteiger partial charge in [0.25, 0.3) is 5.91 Å². The number of amides is 1. The van der Waals surface area contributed by atoms with E-state index in [2.05, 4.69) is 10.2 Å². The average molecular weight is 426 g/mol. The number of ether oxygens (including phenoxy) is 1. The fraction of sp³-hybridized carbons (Fsp3) is 0.304. The van der Waals surface area contributed by atoms with Gasteiger partial charge in [-0.1, -0.05) is 35.9 Å². The molecule has 0 fully saturated rings. The van der Waals surface area contributed by atoms with Crippen LogP contribution in [-0.2, 0) is 4.74 Å². The van der Waals surface area contributed by atoms with Gasteiger partial charge in [0, 0.05) is 29.3 Å². The van der Waals surface area contributed by atoms with Crippen LogP contribution in [0.25, 0.3) is 11.3 Å². The zero-order valence-electron chi connectivity index (χ0n) is 16.9. The fourth-order valence-corrected chi connectivity index (χ4v) is 3.98. The van der Waals surface area contributed by atoms with Crippen molar-refractivity contribution >= 4 is 17.5 Å². The van der Waals surface area contributed by atoms with Gasteiger partial charge in [-0.25, -0.2) is 0 Å². The number of halogens is 1. The number of aromatic nitrogens is 2. The van der Waals surface area contributed by atoms with Crippen molar-refractivity contribution in [1.82, 2.24) is 15.1 Å². The lowest BCUT2D eigenvalue weighted by Crippen LogP contribution is -2.31. The summed E-state index contributed by atoms with van der Waals surface area (Å²) in [4.78, 5) is 15.1. The van der Waals surface area contributed by atoms with E-state index in [4.69, 9.17) is 16.3 Å². The van der Waals surface area contributed by atoms with Crippen LogP contribution in [0.4, 0.5) is 0 Å².